The lowest BCUT2D eigenvalue weighted by Crippen LogP contribution is -2.46. The molecule has 1 N–H and O–H groups in total. The number of carbonyl (C=O) groups excluding carboxylic acids is 1. The Morgan fingerprint density at radius 2 is 1.82 bits per heavy atom. The minimum atomic E-state index is -4.59. The molecular formula is C30H29F3N6O5S. The molecule has 11 nitrogen and oxygen atoms in total. The molecule has 0 unspecified atom stereocenters. The number of hydrogen-bond donors (Lipinski definition) is 1. The van der Waals surface area contributed by atoms with E-state index in [9.17, 15) is 22.0 Å². The SMILES string of the molecule is [2H]c1nc(N2CCN(C/C=C/C(C)=O)CC2)c2c(F)c(-c3cnc(OC)c(NS(=O)(=O)c4ccc(F)cc4F)c3)cc(OC)c2n1. The van der Waals surface area contributed by atoms with Crippen LogP contribution in [0.1, 0.15) is 8.29 Å². The quantitative estimate of drug-likeness (QED) is 0.251. The molecule has 45 heavy (non-hydrogen) atoms. The van der Waals surface area contributed by atoms with Crippen LogP contribution < -0.4 is 19.1 Å². The smallest absolute Gasteiger partial charge is 0.264 e. The van der Waals surface area contributed by atoms with Crippen LogP contribution in [0.5, 0.6) is 11.6 Å². The van der Waals surface area contributed by atoms with Crippen LogP contribution in [0.3, 0.4) is 0 Å². The molecule has 1 saturated heterocycles. The Kier molecular flexibility index (Phi) is 8.80. The number of aromatic nitrogens is 3. The number of sulfonamides is 1. The summed E-state index contributed by atoms with van der Waals surface area (Å²) in [7, 11) is -2.00. The number of ether oxygens (including phenoxy) is 2. The number of ketones is 1. The molecule has 0 atom stereocenters. The highest BCUT2D eigenvalue weighted by Gasteiger charge is 2.26. The predicted molar refractivity (Wildman–Crippen MR) is 161 cm³/mol. The molecule has 0 amide bonds. The summed E-state index contributed by atoms with van der Waals surface area (Å²) in [6, 6.07) is 4.60. The molecule has 15 heteroatoms. The molecule has 2 aromatic carbocycles. The van der Waals surface area contributed by atoms with Crippen molar-refractivity contribution in [2.45, 2.75) is 11.8 Å². The van der Waals surface area contributed by atoms with E-state index in [1.165, 1.54) is 45.5 Å². The number of piperazine rings is 1. The molecule has 236 valence electrons. The lowest BCUT2D eigenvalue weighted by Gasteiger charge is -2.35. The lowest BCUT2D eigenvalue weighted by molar-refractivity contribution is -0.112. The second-order valence-corrected chi connectivity index (χ2v) is 11.7. The molecule has 0 spiro atoms. The minimum Gasteiger partial charge on any atom is -0.494 e. The molecule has 4 aromatic rings. The van der Waals surface area contributed by atoms with Gasteiger partial charge in [-0.1, -0.05) is 6.08 Å². The zero-order chi connectivity index (χ0) is 33.2. The van der Waals surface area contributed by atoms with Gasteiger partial charge in [0.15, 0.2) is 5.78 Å². The number of pyridine rings is 1. The van der Waals surface area contributed by atoms with Gasteiger partial charge in [-0.2, -0.15) is 0 Å². The van der Waals surface area contributed by atoms with Gasteiger partial charge in [0.2, 0.25) is 5.88 Å². The lowest BCUT2D eigenvalue weighted by atomic mass is 10.0. The number of carbonyl (C=O) groups is 1. The van der Waals surface area contributed by atoms with E-state index < -0.39 is 32.4 Å². The van der Waals surface area contributed by atoms with Crippen LogP contribution in [0.25, 0.3) is 22.0 Å². The molecule has 3 heterocycles. The van der Waals surface area contributed by atoms with Crippen molar-refractivity contribution in [2.24, 2.45) is 0 Å². The Morgan fingerprint density at radius 1 is 1.07 bits per heavy atom. The third-order valence-electron chi connectivity index (χ3n) is 7.13. The second-order valence-electron chi connectivity index (χ2n) is 10.1. The molecule has 1 aliphatic heterocycles. The van der Waals surface area contributed by atoms with Gasteiger partial charge < -0.3 is 14.4 Å². The third kappa shape index (κ3) is 6.68. The van der Waals surface area contributed by atoms with Crippen molar-refractivity contribution in [3.05, 3.63) is 72.4 Å². The molecular weight excluding hydrogens is 613 g/mol. The van der Waals surface area contributed by atoms with E-state index in [-0.39, 0.29) is 57.3 Å². The van der Waals surface area contributed by atoms with Crippen LogP contribution in [-0.2, 0) is 14.8 Å². The van der Waals surface area contributed by atoms with E-state index in [0.717, 1.165) is 12.1 Å². The number of methoxy groups -OCH3 is 2. The average Bonchev–Trinajstić information content (AvgIpc) is 3.00. The predicted octanol–water partition coefficient (Wildman–Crippen LogP) is 4.19. The first-order chi connectivity index (χ1) is 21.9. The van der Waals surface area contributed by atoms with Crippen molar-refractivity contribution in [1.29, 1.82) is 0 Å². The number of nitrogens with zero attached hydrogens (tertiary/aromatic N) is 5. The maximum absolute atomic E-state index is 16.6. The molecule has 1 aliphatic rings. The van der Waals surface area contributed by atoms with Crippen molar-refractivity contribution in [1.82, 2.24) is 19.9 Å². The van der Waals surface area contributed by atoms with Crippen LogP contribution in [0.4, 0.5) is 24.7 Å². The number of rotatable bonds is 10. The molecule has 5 rings (SSSR count). The highest BCUT2D eigenvalue weighted by molar-refractivity contribution is 7.92. The maximum Gasteiger partial charge on any atom is 0.264 e. The van der Waals surface area contributed by atoms with Gasteiger partial charge in [-0.05, 0) is 37.3 Å². The first-order valence-corrected chi connectivity index (χ1v) is 15.1. The maximum atomic E-state index is 16.6. The van der Waals surface area contributed by atoms with Crippen LogP contribution in [0.15, 0.2) is 59.9 Å². The van der Waals surface area contributed by atoms with Gasteiger partial charge in [0.25, 0.3) is 10.0 Å². The summed E-state index contributed by atoms with van der Waals surface area (Å²) in [5.74, 6) is -2.97. The number of hydrogen-bond acceptors (Lipinski definition) is 10. The van der Waals surface area contributed by atoms with Crippen molar-refractivity contribution in [2.75, 3.05) is 56.6 Å². The fourth-order valence-electron chi connectivity index (χ4n) is 4.95. The van der Waals surface area contributed by atoms with Crippen LogP contribution in [0, 0.1) is 17.5 Å². The van der Waals surface area contributed by atoms with E-state index >= 15 is 4.39 Å². The van der Waals surface area contributed by atoms with Gasteiger partial charge in [0, 0.05) is 56.1 Å². The Hall–Kier alpha value is -4.76. The standard InChI is InChI=1S/C30H29F3N6O5S/c1-18(40)5-4-8-38-9-11-39(12-10-38)29-26-27(33)21(15-24(43-2)28(26)35-17-36-29)19-13-23(30(44-3)34-16-19)37-45(41,42)25-7-6-20(31)14-22(25)32/h4-7,13-17,37H,8-12H2,1-3H3/b5-4+/i17D. The molecule has 2 aromatic heterocycles. The summed E-state index contributed by atoms with van der Waals surface area (Å²) in [6.45, 7) is 4.10. The Labute approximate surface area is 258 Å². The van der Waals surface area contributed by atoms with Gasteiger partial charge in [-0.3, -0.25) is 14.4 Å². The van der Waals surface area contributed by atoms with Crippen LogP contribution in [-0.4, -0.2) is 81.0 Å². The van der Waals surface area contributed by atoms with Crippen molar-refractivity contribution < 1.29 is 37.2 Å². The van der Waals surface area contributed by atoms with E-state index in [2.05, 4.69) is 24.6 Å². The zero-order valence-corrected chi connectivity index (χ0v) is 25.3. The monoisotopic (exact) mass is 643 g/mol. The molecule has 0 aliphatic carbocycles. The molecule has 1 fully saturated rings. The first kappa shape index (κ1) is 30.3. The van der Waals surface area contributed by atoms with Gasteiger partial charge >= 0.3 is 0 Å². The van der Waals surface area contributed by atoms with Crippen LogP contribution >= 0.6 is 0 Å². The van der Waals surface area contributed by atoms with Crippen molar-refractivity contribution in [3.63, 3.8) is 0 Å². The van der Waals surface area contributed by atoms with Crippen molar-refractivity contribution in [3.8, 4) is 22.8 Å². The Morgan fingerprint density at radius 3 is 2.49 bits per heavy atom. The number of fused-ring (bicyclic) bond motifs is 1. The van der Waals surface area contributed by atoms with Gasteiger partial charge in [0.05, 0.1) is 19.6 Å². The number of anilines is 2. The summed E-state index contributed by atoms with van der Waals surface area (Å²) >= 11 is 0. The summed E-state index contributed by atoms with van der Waals surface area (Å²) in [5, 5.41) is -0.0124. The fraction of sp³-hybridized carbons (Fsp3) is 0.267. The topological polar surface area (TPSA) is 127 Å². The summed E-state index contributed by atoms with van der Waals surface area (Å²) in [5.41, 5.74) is -0.128. The van der Waals surface area contributed by atoms with Gasteiger partial charge in [0.1, 0.15) is 52.8 Å². The number of allylic oxidation sites excluding steroid dienone is 1. The summed E-state index contributed by atoms with van der Waals surface area (Å²) in [4.78, 5) is 26.9. The Balaban J connectivity index is 1.56. The van der Waals surface area contributed by atoms with E-state index in [4.69, 9.17) is 10.8 Å². The summed E-state index contributed by atoms with van der Waals surface area (Å²) in [6.07, 6.45) is 4.21. The van der Waals surface area contributed by atoms with E-state index in [0.29, 0.717) is 38.8 Å². The first-order valence-electron chi connectivity index (χ1n) is 14.1. The second kappa shape index (κ2) is 13.1. The number of benzene rings is 2. The van der Waals surface area contributed by atoms with Crippen molar-refractivity contribution >= 4 is 38.2 Å². The van der Waals surface area contributed by atoms with Crippen LogP contribution in [0.2, 0.25) is 0 Å². The fourth-order valence-corrected chi connectivity index (χ4v) is 6.06. The molecule has 0 radical (unpaired) electrons. The van der Waals surface area contributed by atoms with Gasteiger partial charge in [-0.25, -0.2) is 36.5 Å². The third-order valence-corrected chi connectivity index (χ3v) is 8.53. The summed E-state index contributed by atoms with van der Waals surface area (Å²) < 4.78 is 91.6. The minimum absolute atomic E-state index is 0.0124. The average molecular weight is 644 g/mol. The normalized spacial score (nSPS) is 14.5. The number of nitrogens with one attached hydrogen (secondary N) is 1. The molecule has 0 bridgehead atoms. The zero-order valence-electron chi connectivity index (χ0n) is 25.5. The van der Waals surface area contributed by atoms with E-state index in [1.54, 1.807) is 6.08 Å². The highest BCUT2D eigenvalue weighted by Crippen LogP contribution is 2.40. The van der Waals surface area contributed by atoms with Gasteiger partial charge in [-0.15, -0.1) is 0 Å². The molecule has 0 saturated carbocycles. The largest absolute Gasteiger partial charge is 0.494 e. The number of halogens is 3. The Bertz CT molecular complexity index is 1960. The highest BCUT2D eigenvalue weighted by atomic mass is 32.2. The van der Waals surface area contributed by atoms with E-state index in [1.807, 2.05) is 4.90 Å².